The normalized spacial score (nSPS) is 11.4. The summed E-state index contributed by atoms with van der Waals surface area (Å²) >= 11 is 0. The largest absolute Gasteiger partial charge is 0.340 e. The van der Waals surface area contributed by atoms with Gasteiger partial charge >= 0.3 is 0 Å². The molecule has 0 aromatic rings. The SMILES string of the molecule is CC.CC.CC.CC.CC.CC.CC.CC.CC.CC.CC.CC(=O)N1CCN(C)CC1.CCC.CCCC.CCCC.CCCC.CN1CCS(=O)(=O)CC1. The number of hydrogen-bond acceptors (Lipinski definition) is 5. The predicted octanol–water partition coefficient (Wildman–Crippen LogP) is 17.3. The van der Waals surface area contributed by atoms with Gasteiger partial charge in [-0.3, -0.25) is 4.79 Å². The molecule has 0 bridgehead atoms. The molecule has 0 aromatic carbocycles. The number of nitrogens with zero attached hydrogens (tertiary/aromatic N) is 3. The van der Waals surface area contributed by atoms with E-state index in [-0.39, 0.29) is 5.91 Å². The molecule has 364 valence electrons. The second kappa shape index (κ2) is 148. The molecule has 1 amide bonds. The van der Waals surface area contributed by atoms with Gasteiger partial charge in [0.15, 0.2) is 9.84 Å². The van der Waals surface area contributed by atoms with Crippen molar-refractivity contribution in [3.05, 3.63) is 0 Å². The van der Waals surface area contributed by atoms with Crippen molar-refractivity contribution in [2.75, 3.05) is 64.9 Å². The van der Waals surface area contributed by atoms with Gasteiger partial charge in [0.05, 0.1) is 11.5 Å². The number of amides is 1. The molecule has 56 heavy (non-hydrogen) atoms. The monoisotopic (exact) mass is 840 g/mol. The maximum Gasteiger partial charge on any atom is 0.219 e. The number of likely N-dealkylation sites (N-methyl/N-ethyl adjacent to an activating group) is 1. The van der Waals surface area contributed by atoms with Crippen LogP contribution in [-0.4, -0.2) is 93.9 Å². The van der Waals surface area contributed by atoms with Crippen molar-refractivity contribution in [2.24, 2.45) is 0 Å². The maximum absolute atomic E-state index is 10.8. The van der Waals surface area contributed by atoms with Gasteiger partial charge in [-0.15, -0.1) is 0 Å². The van der Waals surface area contributed by atoms with Crippen LogP contribution in [0, 0.1) is 0 Å². The van der Waals surface area contributed by atoms with Crippen molar-refractivity contribution in [1.29, 1.82) is 0 Å². The molecular formula is C49H129N3O3S. The van der Waals surface area contributed by atoms with Crippen LogP contribution in [0.3, 0.4) is 0 Å². The molecule has 0 saturated carbocycles. The highest BCUT2D eigenvalue weighted by atomic mass is 32.2. The minimum Gasteiger partial charge on any atom is -0.340 e. The van der Waals surface area contributed by atoms with Crippen molar-refractivity contribution in [1.82, 2.24) is 14.7 Å². The molecule has 0 aliphatic carbocycles. The van der Waals surface area contributed by atoms with E-state index >= 15 is 0 Å². The van der Waals surface area contributed by atoms with Crippen LogP contribution in [0.4, 0.5) is 0 Å². The van der Waals surface area contributed by atoms with E-state index in [0.29, 0.717) is 24.6 Å². The Labute approximate surface area is 366 Å². The van der Waals surface area contributed by atoms with Gasteiger partial charge in [-0.2, -0.15) is 0 Å². The van der Waals surface area contributed by atoms with E-state index in [2.05, 4.69) is 67.3 Å². The standard InChI is InChI=1S/C7H14N2O.C5H11NO2S.3C4H10.C3H8.11C2H6/c1-7(10)9-5-3-8(2)4-6-9;1-6-2-4-9(7,8)5-3-6;3*1-3-4-2;1-3-2;11*1-2/h3-6H2,1-2H3;2-5H2,1H3;3*3-4H2,1-2H3;3H2,1-2H3;11*1-2H3. The molecule has 0 atom stereocenters. The summed E-state index contributed by atoms with van der Waals surface area (Å²) < 4.78 is 21.5. The van der Waals surface area contributed by atoms with Crippen LogP contribution in [-0.2, 0) is 14.6 Å². The Morgan fingerprint density at radius 1 is 0.375 bits per heavy atom. The third-order valence-electron chi connectivity index (χ3n) is 5.02. The van der Waals surface area contributed by atoms with Gasteiger partial charge in [0.25, 0.3) is 0 Å². The molecule has 0 N–H and O–H groups in total. The van der Waals surface area contributed by atoms with Crippen molar-refractivity contribution < 1.29 is 13.2 Å². The second-order valence-corrected chi connectivity index (χ2v) is 11.3. The van der Waals surface area contributed by atoms with E-state index < -0.39 is 9.84 Å². The van der Waals surface area contributed by atoms with Crippen LogP contribution in [0.5, 0.6) is 0 Å². The maximum atomic E-state index is 10.8. The predicted molar refractivity (Wildman–Crippen MR) is 278 cm³/mol. The van der Waals surface area contributed by atoms with Gasteiger partial charge in [-0.05, 0) is 14.1 Å². The molecule has 0 unspecified atom stereocenters. The first-order valence-electron chi connectivity index (χ1n) is 24.8. The number of piperazine rings is 1. The summed E-state index contributed by atoms with van der Waals surface area (Å²) in [6.07, 6.45) is 9.17. The van der Waals surface area contributed by atoms with Crippen LogP contribution in [0.2, 0.25) is 0 Å². The summed E-state index contributed by atoms with van der Waals surface area (Å²) in [6.45, 7) is 68.2. The molecule has 0 radical (unpaired) electrons. The summed E-state index contributed by atoms with van der Waals surface area (Å²) in [5.74, 6) is 0.876. The lowest BCUT2D eigenvalue weighted by atomic mass is 10.3. The van der Waals surface area contributed by atoms with Crippen molar-refractivity contribution in [2.45, 2.75) is 260 Å². The Balaban J connectivity index is -0.0000000260. The van der Waals surface area contributed by atoms with Gasteiger partial charge in [-0.25, -0.2) is 8.42 Å². The molecule has 2 aliphatic heterocycles. The number of carbonyl (C=O) groups excluding carboxylic acids is 1. The Hall–Kier alpha value is -0.660. The van der Waals surface area contributed by atoms with Crippen LogP contribution >= 0.6 is 0 Å². The van der Waals surface area contributed by atoms with Crippen molar-refractivity contribution in [3.63, 3.8) is 0 Å². The van der Waals surface area contributed by atoms with Crippen molar-refractivity contribution in [3.8, 4) is 0 Å². The molecular weight excluding hydrogens is 711 g/mol. The number of unbranched alkanes of at least 4 members (excludes halogenated alkanes) is 3. The molecule has 2 fully saturated rings. The molecule has 2 saturated heterocycles. The van der Waals surface area contributed by atoms with Crippen molar-refractivity contribution >= 4 is 15.7 Å². The first-order chi connectivity index (χ1) is 27.0. The Morgan fingerprint density at radius 2 is 0.536 bits per heavy atom. The molecule has 6 nitrogen and oxygen atoms in total. The van der Waals surface area contributed by atoms with Crippen LogP contribution in [0.15, 0.2) is 0 Å². The van der Waals surface area contributed by atoms with E-state index in [1.165, 1.54) is 44.9 Å². The summed E-state index contributed by atoms with van der Waals surface area (Å²) in [7, 11) is 1.36. The minimum absolute atomic E-state index is 0.202. The third-order valence-corrected chi connectivity index (χ3v) is 6.63. The molecule has 7 heteroatoms. The summed E-state index contributed by atoms with van der Waals surface area (Å²) in [4.78, 5) is 17.0. The van der Waals surface area contributed by atoms with E-state index in [0.717, 1.165) is 26.2 Å². The molecule has 2 rings (SSSR count). The molecule has 2 heterocycles. The van der Waals surface area contributed by atoms with Gasteiger partial charge in [0.2, 0.25) is 5.91 Å². The smallest absolute Gasteiger partial charge is 0.219 e. The highest BCUT2D eigenvalue weighted by molar-refractivity contribution is 7.91. The van der Waals surface area contributed by atoms with Gasteiger partial charge < -0.3 is 14.7 Å². The zero-order chi connectivity index (χ0) is 49.4. The fourth-order valence-electron chi connectivity index (χ4n) is 1.93. The van der Waals surface area contributed by atoms with Crippen LogP contribution in [0.25, 0.3) is 0 Å². The number of sulfone groups is 1. The van der Waals surface area contributed by atoms with E-state index in [4.69, 9.17) is 0 Å². The topological polar surface area (TPSA) is 60.9 Å². The first-order valence-corrected chi connectivity index (χ1v) is 26.6. The second-order valence-electron chi connectivity index (χ2n) is 8.97. The zero-order valence-electron chi connectivity index (χ0n) is 47.1. The molecule has 2 aliphatic rings. The fourth-order valence-corrected chi connectivity index (χ4v) is 3.31. The van der Waals surface area contributed by atoms with E-state index in [1.807, 2.05) is 169 Å². The lowest BCUT2D eigenvalue weighted by molar-refractivity contribution is -0.130. The Bertz CT molecular complexity index is 467. The van der Waals surface area contributed by atoms with Gasteiger partial charge in [0, 0.05) is 46.2 Å². The Morgan fingerprint density at radius 3 is 0.661 bits per heavy atom. The van der Waals surface area contributed by atoms with Crippen LogP contribution < -0.4 is 0 Å². The van der Waals surface area contributed by atoms with Gasteiger partial charge in [0.1, 0.15) is 0 Å². The average Bonchev–Trinajstić information content (AvgIpc) is 3.30. The molecule has 0 aromatic heterocycles. The quantitative estimate of drug-likeness (QED) is 0.283. The fraction of sp³-hybridized carbons (Fsp3) is 0.980. The third kappa shape index (κ3) is 182. The molecule has 0 spiro atoms. The highest BCUT2D eigenvalue weighted by Gasteiger charge is 2.18. The van der Waals surface area contributed by atoms with Crippen LogP contribution in [0.1, 0.15) is 260 Å². The summed E-state index contributed by atoms with van der Waals surface area (Å²) in [5.41, 5.74) is 0. The zero-order valence-corrected chi connectivity index (χ0v) is 47.9. The first kappa shape index (κ1) is 100. The lowest BCUT2D eigenvalue weighted by Gasteiger charge is -2.31. The van der Waals surface area contributed by atoms with Gasteiger partial charge in [-0.1, -0.05) is 253 Å². The Kier molecular flexibility index (Phi) is 265. The summed E-state index contributed by atoms with van der Waals surface area (Å²) in [5, 5.41) is 0. The number of carbonyl (C=O) groups is 1. The van der Waals surface area contributed by atoms with E-state index in [1.54, 1.807) is 6.92 Å². The summed E-state index contributed by atoms with van der Waals surface area (Å²) in [6, 6.07) is 0. The minimum atomic E-state index is -2.66. The average molecular weight is 841 g/mol. The highest BCUT2D eigenvalue weighted by Crippen LogP contribution is 2.00. The van der Waals surface area contributed by atoms with E-state index in [9.17, 15) is 13.2 Å². The number of rotatable bonds is 3. The number of hydrogen-bond donors (Lipinski definition) is 0. The lowest BCUT2D eigenvalue weighted by Crippen LogP contribution is -2.46.